The lowest BCUT2D eigenvalue weighted by molar-refractivity contribution is -0.115. The van der Waals surface area contributed by atoms with Gasteiger partial charge in [-0.2, -0.15) is 0 Å². The van der Waals surface area contributed by atoms with Gasteiger partial charge in [0.05, 0.1) is 30.0 Å². The van der Waals surface area contributed by atoms with E-state index in [4.69, 9.17) is 10.2 Å². The maximum atomic E-state index is 13.7. The Morgan fingerprint density at radius 2 is 2.14 bits per heavy atom. The van der Waals surface area contributed by atoms with Crippen molar-refractivity contribution in [2.75, 3.05) is 43.0 Å². The first-order valence-electron chi connectivity index (χ1n) is 11.7. The molecule has 3 aliphatic rings. The smallest absolute Gasteiger partial charge is 0.243 e. The van der Waals surface area contributed by atoms with Crippen LogP contribution in [0.4, 0.5) is 15.8 Å². The fourth-order valence-electron chi connectivity index (χ4n) is 4.70. The van der Waals surface area contributed by atoms with Crippen LogP contribution in [0.2, 0.25) is 0 Å². The van der Waals surface area contributed by atoms with Gasteiger partial charge in [0.1, 0.15) is 11.6 Å². The molecule has 5 rings (SSSR count). The van der Waals surface area contributed by atoms with E-state index in [1.165, 1.54) is 5.56 Å². The molecule has 146 valence electrons. The van der Waals surface area contributed by atoms with Gasteiger partial charge in [-0.1, -0.05) is 12.1 Å². The summed E-state index contributed by atoms with van der Waals surface area (Å²) in [6, 6.07) is 4.02. The van der Waals surface area contributed by atoms with E-state index >= 15 is 0 Å². The molecule has 6 heteroatoms. The number of carbonyl (C=O) groups excluding carboxylic acids is 1. The Morgan fingerprint density at radius 3 is 3.00 bits per heavy atom. The van der Waals surface area contributed by atoms with E-state index in [0.29, 0.717) is 24.9 Å². The lowest BCUT2D eigenvalue weighted by atomic mass is 9.89. The summed E-state index contributed by atoms with van der Waals surface area (Å²) in [5.41, 5.74) is 3.34. The molecule has 1 N–H and O–H groups in total. The lowest BCUT2D eigenvalue weighted by Crippen LogP contribution is -2.49. The molecule has 0 saturated carbocycles. The van der Waals surface area contributed by atoms with Crippen molar-refractivity contribution < 1.29 is 19.4 Å². The van der Waals surface area contributed by atoms with Crippen molar-refractivity contribution in [3.63, 3.8) is 0 Å². The van der Waals surface area contributed by atoms with Crippen LogP contribution in [0.15, 0.2) is 42.4 Å². The molecule has 3 aliphatic heterocycles. The minimum atomic E-state index is -1.16. The van der Waals surface area contributed by atoms with Crippen molar-refractivity contribution in [3.05, 3.63) is 53.7 Å². The average Bonchev–Trinajstić information content (AvgIpc) is 3.10. The summed E-state index contributed by atoms with van der Waals surface area (Å²) >= 11 is 0. The van der Waals surface area contributed by atoms with Crippen LogP contribution in [0.5, 0.6) is 5.75 Å². The third kappa shape index (κ3) is 3.11. The molecular weight excluding hydrogens is 357 g/mol. The van der Waals surface area contributed by atoms with Crippen molar-refractivity contribution >= 4 is 17.3 Å². The summed E-state index contributed by atoms with van der Waals surface area (Å²) < 4.78 is 50.0. The largest absolute Gasteiger partial charge is 0.494 e. The zero-order valence-electron chi connectivity index (χ0n) is 19.4. The maximum absolute atomic E-state index is 13.7. The van der Waals surface area contributed by atoms with E-state index in [-0.39, 0.29) is 18.3 Å². The Hall–Kier alpha value is -2.60. The summed E-state index contributed by atoms with van der Waals surface area (Å²) in [4.78, 5) is 16.7. The Bertz CT molecular complexity index is 1070. The average molecular weight is 385 g/mol. The Labute approximate surface area is 169 Å². The number of hydrogen-bond acceptors (Lipinski definition) is 4. The number of likely N-dealkylation sites (tertiary alicyclic amines) is 1. The number of hydrogen-bond donors (Lipinski definition) is 1. The van der Waals surface area contributed by atoms with Gasteiger partial charge >= 0.3 is 0 Å². The highest BCUT2D eigenvalue weighted by atomic mass is 19.1. The van der Waals surface area contributed by atoms with Crippen LogP contribution in [0.1, 0.15) is 29.8 Å². The second-order valence-corrected chi connectivity index (χ2v) is 7.53. The fraction of sp³-hybridized carbons (Fsp3) is 0.409. The van der Waals surface area contributed by atoms with Gasteiger partial charge in [-0.25, -0.2) is 4.39 Å². The Morgan fingerprint density at radius 1 is 1.29 bits per heavy atom. The topological polar surface area (TPSA) is 44.8 Å². The normalized spacial score (nSPS) is 25.2. The number of piperidine rings is 1. The van der Waals surface area contributed by atoms with Crippen LogP contribution in [0.3, 0.4) is 0 Å². The van der Waals surface area contributed by atoms with Gasteiger partial charge in [0.15, 0.2) is 0 Å². The highest BCUT2D eigenvalue weighted by Crippen LogP contribution is 2.49. The first kappa shape index (κ1) is 13.6. The monoisotopic (exact) mass is 385 g/mol. The number of nitrogens with one attached hydrogen (secondary N) is 1. The molecule has 1 saturated heterocycles. The van der Waals surface area contributed by atoms with E-state index < -0.39 is 30.0 Å². The zero-order chi connectivity index (χ0) is 22.6. The molecular formula is C22H24FN3O2. The first-order chi connectivity index (χ1) is 15.4. The van der Waals surface area contributed by atoms with Crippen molar-refractivity contribution in [1.29, 1.82) is 0 Å². The van der Waals surface area contributed by atoms with Crippen molar-refractivity contribution in [3.8, 4) is 5.75 Å². The predicted molar refractivity (Wildman–Crippen MR) is 107 cm³/mol. The number of carbonyl (C=O) groups is 1. The highest BCUT2D eigenvalue weighted by Gasteiger charge is 2.44. The van der Waals surface area contributed by atoms with Crippen molar-refractivity contribution in [2.45, 2.75) is 24.8 Å². The van der Waals surface area contributed by atoms with Gasteiger partial charge in [-0.15, -0.1) is 0 Å². The molecule has 0 aliphatic carbocycles. The second-order valence-electron chi connectivity index (χ2n) is 7.53. The van der Waals surface area contributed by atoms with Gasteiger partial charge in [0.2, 0.25) is 5.91 Å². The number of halogens is 1. The lowest BCUT2D eigenvalue weighted by Gasteiger charge is -2.39. The summed E-state index contributed by atoms with van der Waals surface area (Å²) in [5, 5.41) is 2.98. The van der Waals surface area contributed by atoms with E-state index in [1.54, 1.807) is 0 Å². The van der Waals surface area contributed by atoms with Crippen molar-refractivity contribution in [2.24, 2.45) is 0 Å². The molecule has 28 heavy (non-hydrogen) atoms. The van der Waals surface area contributed by atoms with Crippen LogP contribution >= 0.6 is 0 Å². The van der Waals surface area contributed by atoms with Crippen molar-refractivity contribution in [1.82, 2.24) is 4.90 Å². The van der Waals surface area contributed by atoms with Gasteiger partial charge in [0.25, 0.3) is 0 Å². The molecule has 1 amide bonds. The minimum Gasteiger partial charge on any atom is -0.494 e. The third-order valence-corrected chi connectivity index (χ3v) is 5.84. The molecule has 0 aromatic heterocycles. The molecule has 0 bridgehead atoms. The Kier molecular flexibility index (Phi) is 3.43. The standard InChI is InChI=1S/C22H24FN3O2/c23-15-5-7-16(8-6-15)28-12-2-10-25-11-9-20-18(13-25)17-3-1-4-19-22(17)26(20)14-21(27)24-19/h1,3-8,18,20H,2,9-14H2,(H,24,27)/t18-,20-/m0/s1/i5D,6D,7D,8D. The molecule has 2 atom stereocenters. The number of benzene rings is 2. The van der Waals surface area contributed by atoms with E-state index in [2.05, 4.69) is 21.2 Å². The molecule has 0 unspecified atom stereocenters. The highest BCUT2D eigenvalue weighted by molar-refractivity contribution is 6.03. The Balaban J connectivity index is 1.22. The minimum absolute atomic E-state index is 0.0323. The van der Waals surface area contributed by atoms with Gasteiger partial charge in [0, 0.05) is 31.6 Å². The van der Waals surface area contributed by atoms with Gasteiger partial charge in [-0.3, -0.25) is 4.79 Å². The number of para-hydroxylation sites is 1. The number of rotatable bonds is 5. The third-order valence-electron chi connectivity index (χ3n) is 5.84. The maximum Gasteiger partial charge on any atom is 0.243 e. The van der Waals surface area contributed by atoms with E-state index in [0.717, 1.165) is 37.4 Å². The summed E-state index contributed by atoms with van der Waals surface area (Å²) in [6.45, 7) is 3.16. The number of nitrogens with zero attached hydrogens (tertiary/aromatic N) is 2. The number of anilines is 2. The molecule has 1 fully saturated rings. The number of amides is 1. The second kappa shape index (κ2) is 7.09. The van der Waals surface area contributed by atoms with E-state index in [9.17, 15) is 9.18 Å². The quantitative estimate of drug-likeness (QED) is 0.803. The molecule has 0 spiro atoms. The number of ether oxygens (including phenoxy) is 1. The zero-order valence-corrected chi connectivity index (χ0v) is 15.4. The van der Waals surface area contributed by atoms with Crippen LogP contribution in [-0.2, 0) is 4.79 Å². The van der Waals surface area contributed by atoms with Crippen LogP contribution < -0.4 is 15.0 Å². The molecule has 2 aromatic rings. The fourth-order valence-corrected chi connectivity index (χ4v) is 4.70. The molecule has 2 aromatic carbocycles. The van der Waals surface area contributed by atoms with Crippen LogP contribution in [-0.4, -0.2) is 49.6 Å². The molecule has 0 radical (unpaired) electrons. The SMILES string of the molecule is [2H]c1c([2H])c(OCCCN2CC[C@H]3[C@@H](C2)c2cccc4c2N3CC(=O)N4)c([2H])c([2H])c1F. The molecule has 3 heterocycles. The van der Waals surface area contributed by atoms with Gasteiger partial charge in [-0.05, 0) is 48.6 Å². The van der Waals surface area contributed by atoms with E-state index in [1.807, 2.05) is 12.1 Å². The first-order valence-corrected chi connectivity index (χ1v) is 9.67. The number of fused-ring (bicyclic) bond motifs is 3. The summed E-state index contributed by atoms with van der Waals surface area (Å²) in [5.74, 6) is -1.00. The summed E-state index contributed by atoms with van der Waals surface area (Å²) in [7, 11) is 0. The summed E-state index contributed by atoms with van der Waals surface area (Å²) in [6.07, 6.45) is 1.61. The van der Waals surface area contributed by atoms with Gasteiger partial charge < -0.3 is 19.9 Å². The molecule has 5 nitrogen and oxygen atoms in total. The predicted octanol–water partition coefficient (Wildman–Crippen LogP) is 3.22. The van der Waals surface area contributed by atoms with Crippen LogP contribution in [0, 0.1) is 5.82 Å². The van der Waals surface area contributed by atoms with Crippen LogP contribution in [0.25, 0.3) is 0 Å².